The monoisotopic (exact) mass is 679 g/mol. The fourth-order valence-electron chi connectivity index (χ4n) is 6.02. The molecule has 0 unspecified atom stereocenters. The number of aliphatic hydroxyl groups is 1. The molecular formula is C40H49N5O5. The van der Waals surface area contributed by atoms with Crippen LogP contribution in [0.25, 0.3) is 0 Å². The lowest BCUT2D eigenvalue weighted by Crippen LogP contribution is -2.38. The van der Waals surface area contributed by atoms with Gasteiger partial charge in [0.15, 0.2) is 6.29 Å². The number of hydrogen-bond donors (Lipinski definition) is 4. The number of benzene rings is 3. The lowest BCUT2D eigenvalue weighted by atomic mass is 9.99. The second kappa shape index (κ2) is 19.0. The molecule has 3 aromatic carbocycles. The van der Waals surface area contributed by atoms with E-state index in [0.717, 1.165) is 67.6 Å². The fourth-order valence-corrected chi connectivity index (χ4v) is 6.02. The standard InChI is InChI=1S/C40H49N5O5/c1-45(25-23-32-10-8-9-24-42-32)27-34-26-37(30-17-15-29(28-46)16-18-30)50-40(49-34)31-19-21-33(22-20-31)43-38(47)13-4-2-3-5-14-39(48)44-36-12-7-6-11-35(36)41/h6-12,15-22,24,34,37,40,46H,2-5,13-14,23,25-28,41H2,1H3,(H,43,47)(H,44,48)/t34-,37+,40+/m0/s1. The van der Waals surface area contributed by atoms with Crippen molar-refractivity contribution in [1.29, 1.82) is 0 Å². The minimum absolute atomic E-state index is 0.00365. The largest absolute Gasteiger partial charge is 0.397 e. The van der Waals surface area contributed by atoms with Gasteiger partial charge in [-0.15, -0.1) is 0 Å². The number of rotatable bonds is 17. The van der Waals surface area contributed by atoms with E-state index >= 15 is 0 Å². The summed E-state index contributed by atoms with van der Waals surface area (Å²) < 4.78 is 13.0. The van der Waals surface area contributed by atoms with Gasteiger partial charge in [0.05, 0.1) is 30.2 Å². The minimum Gasteiger partial charge on any atom is -0.397 e. The quantitative estimate of drug-likeness (QED) is 0.0707. The number of nitrogens with one attached hydrogen (secondary N) is 2. The van der Waals surface area contributed by atoms with Gasteiger partial charge in [-0.2, -0.15) is 0 Å². The van der Waals surface area contributed by atoms with Gasteiger partial charge in [-0.25, -0.2) is 0 Å². The Kier molecular flexibility index (Phi) is 13.9. The molecule has 1 aliphatic rings. The molecule has 264 valence electrons. The highest BCUT2D eigenvalue weighted by atomic mass is 16.7. The molecule has 3 atom stereocenters. The number of unbranched alkanes of at least 4 members (excludes halogenated alkanes) is 3. The summed E-state index contributed by atoms with van der Waals surface area (Å²) in [6.45, 7) is 1.59. The summed E-state index contributed by atoms with van der Waals surface area (Å²) in [5, 5.41) is 15.4. The average molecular weight is 680 g/mol. The molecule has 1 aliphatic heterocycles. The first-order chi connectivity index (χ1) is 24.4. The first-order valence-electron chi connectivity index (χ1n) is 17.5. The maximum Gasteiger partial charge on any atom is 0.224 e. The van der Waals surface area contributed by atoms with Crippen molar-refractivity contribution in [2.75, 3.05) is 36.5 Å². The Morgan fingerprint density at radius 2 is 1.52 bits per heavy atom. The Morgan fingerprint density at radius 3 is 2.20 bits per heavy atom. The first-order valence-corrected chi connectivity index (χ1v) is 17.5. The van der Waals surface area contributed by atoms with Gasteiger partial charge in [0.1, 0.15) is 0 Å². The number of likely N-dealkylation sites (N-methyl/N-ethyl adjacent to an activating group) is 1. The molecule has 5 N–H and O–H groups in total. The third kappa shape index (κ3) is 11.5. The molecule has 0 saturated carbocycles. The molecule has 0 aliphatic carbocycles. The topological polar surface area (TPSA) is 139 Å². The van der Waals surface area contributed by atoms with Crippen molar-refractivity contribution in [2.45, 2.75) is 76.5 Å². The van der Waals surface area contributed by atoms with Gasteiger partial charge in [0, 0.05) is 61.9 Å². The molecule has 2 amide bonds. The smallest absolute Gasteiger partial charge is 0.224 e. The molecule has 1 fully saturated rings. The van der Waals surface area contributed by atoms with Crippen molar-refractivity contribution in [2.24, 2.45) is 0 Å². The molecule has 0 radical (unpaired) electrons. The van der Waals surface area contributed by atoms with E-state index in [1.807, 2.05) is 85.1 Å². The van der Waals surface area contributed by atoms with E-state index in [0.29, 0.717) is 36.3 Å². The zero-order valence-electron chi connectivity index (χ0n) is 28.8. The number of anilines is 3. The Balaban J connectivity index is 1.08. The summed E-state index contributed by atoms with van der Waals surface area (Å²) in [6, 6.07) is 28.7. The van der Waals surface area contributed by atoms with Crippen molar-refractivity contribution in [1.82, 2.24) is 9.88 Å². The maximum atomic E-state index is 12.6. The molecule has 10 nitrogen and oxygen atoms in total. The van der Waals surface area contributed by atoms with Crippen molar-refractivity contribution in [3.8, 4) is 0 Å². The summed E-state index contributed by atoms with van der Waals surface area (Å²) in [5.74, 6) is -0.0970. The molecular weight excluding hydrogens is 630 g/mol. The summed E-state index contributed by atoms with van der Waals surface area (Å²) in [6.07, 6.45) is 6.64. The number of hydrogen-bond acceptors (Lipinski definition) is 8. The second-order valence-electron chi connectivity index (χ2n) is 12.9. The third-order valence-electron chi connectivity index (χ3n) is 8.87. The highest BCUT2D eigenvalue weighted by Crippen LogP contribution is 2.38. The number of amides is 2. The van der Waals surface area contributed by atoms with Gasteiger partial charge < -0.3 is 35.8 Å². The van der Waals surface area contributed by atoms with Crippen molar-refractivity contribution in [3.05, 3.63) is 120 Å². The van der Waals surface area contributed by atoms with Crippen LogP contribution in [0.5, 0.6) is 0 Å². The molecule has 5 rings (SSSR count). The van der Waals surface area contributed by atoms with E-state index in [-0.39, 0.29) is 30.6 Å². The van der Waals surface area contributed by atoms with Crippen LogP contribution >= 0.6 is 0 Å². The van der Waals surface area contributed by atoms with Gasteiger partial charge in [0.25, 0.3) is 0 Å². The van der Waals surface area contributed by atoms with E-state index < -0.39 is 6.29 Å². The third-order valence-corrected chi connectivity index (χ3v) is 8.87. The Labute approximate surface area is 295 Å². The van der Waals surface area contributed by atoms with E-state index in [2.05, 4.69) is 27.6 Å². The zero-order valence-corrected chi connectivity index (χ0v) is 28.8. The van der Waals surface area contributed by atoms with Gasteiger partial charge in [-0.3, -0.25) is 14.6 Å². The lowest BCUT2D eigenvalue weighted by molar-refractivity contribution is -0.252. The average Bonchev–Trinajstić information content (AvgIpc) is 3.14. The van der Waals surface area contributed by atoms with Crippen LogP contribution < -0.4 is 16.4 Å². The predicted octanol–water partition coefficient (Wildman–Crippen LogP) is 6.79. The fraction of sp³-hybridized carbons (Fsp3) is 0.375. The number of nitrogens with zero attached hydrogens (tertiary/aromatic N) is 2. The molecule has 1 saturated heterocycles. The summed E-state index contributed by atoms with van der Waals surface area (Å²) in [4.78, 5) is 31.6. The van der Waals surface area contributed by atoms with Crippen LogP contribution in [0.15, 0.2) is 97.2 Å². The van der Waals surface area contributed by atoms with E-state index in [4.69, 9.17) is 15.2 Å². The molecule has 2 heterocycles. The number of nitrogens with two attached hydrogens (primary N) is 1. The van der Waals surface area contributed by atoms with Gasteiger partial charge in [-0.05, 0) is 67.4 Å². The van der Waals surface area contributed by atoms with Gasteiger partial charge in [-0.1, -0.05) is 67.4 Å². The summed E-state index contributed by atoms with van der Waals surface area (Å²) in [7, 11) is 2.10. The van der Waals surface area contributed by atoms with Crippen LogP contribution in [0.4, 0.5) is 17.1 Å². The van der Waals surface area contributed by atoms with Crippen LogP contribution in [0.2, 0.25) is 0 Å². The van der Waals surface area contributed by atoms with Crippen LogP contribution in [0.1, 0.15) is 79.7 Å². The number of carbonyl (C=O) groups is 2. The van der Waals surface area contributed by atoms with Gasteiger partial charge in [0.2, 0.25) is 11.8 Å². The van der Waals surface area contributed by atoms with Crippen molar-refractivity contribution >= 4 is 28.9 Å². The van der Waals surface area contributed by atoms with Crippen molar-refractivity contribution < 1.29 is 24.2 Å². The SMILES string of the molecule is CN(CCc1ccccn1)C[C@@H]1C[C@H](c2ccc(CO)cc2)O[C@H](c2ccc(NC(=O)CCCCCCC(=O)Nc3ccccc3N)cc2)O1. The zero-order chi connectivity index (χ0) is 35.1. The first kappa shape index (κ1) is 36.7. The molecule has 1 aromatic heterocycles. The number of para-hydroxylation sites is 2. The molecule has 10 heteroatoms. The number of nitrogen functional groups attached to an aromatic ring is 1. The molecule has 50 heavy (non-hydrogen) atoms. The Bertz CT molecular complexity index is 1630. The number of aliphatic hydroxyl groups excluding tert-OH is 1. The maximum absolute atomic E-state index is 12.6. The second-order valence-corrected chi connectivity index (χ2v) is 12.9. The predicted molar refractivity (Wildman–Crippen MR) is 196 cm³/mol. The van der Waals surface area contributed by atoms with Crippen LogP contribution in [0.3, 0.4) is 0 Å². The van der Waals surface area contributed by atoms with Crippen LogP contribution in [-0.4, -0.2) is 53.0 Å². The lowest BCUT2D eigenvalue weighted by Gasteiger charge is -2.38. The number of aromatic nitrogens is 1. The highest BCUT2D eigenvalue weighted by Gasteiger charge is 2.32. The number of carbonyl (C=O) groups excluding carboxylic acids is 2. The van der Waals surface area contributed by atoms with E-state index in [9.17, 15) is 14.7 Å². The van der Waals surface area contributed by atoms with E-state index in [1.165, 1.54) is 0 Å². The summed E-state index contributed by atoms with van der Waals surface area (Å²) >= 11 is 0. The van der Waals surface area contributed by atoms with Crippen LogP contribution in [0, 0.1) is 0 Å². The number of ether oxygens (including phenoxy) is 2. The Hall–Kier alpha value is -4.61. The molecule has 4 aromatic rings. The highest BCUT2D eigenvalue weighted by molar-refractivity contribution is 5.93. The van der Waals surface area contributed by atoms with Crippen molar-refractivity contribution in [3.63, 3.8) is 0 Å². The summed E-state index contributed by atoms with van der Waals surface area (Å²) in [5.41, 5.74) is 11.6. The molecule has 0 bridgehead atoms. The number of pyridine rings is 1. The minimum atomic E-state index is -0.572. The van der Waals surface area contributed by atoms with Crippen LogP contribution in [-0.2, 0) is 32.1 Å². The van der Waals surface area contributed by atoms with Gasteiger partial charge >= 0.3 is 0 Å². The molecule has 0 spiro atoms. The normalized spacial score (nSPS) is 17.4. The van der Waals surface area contributed by atoms with E-state index in [1.54, 1.807) is 12.1 Å². The Morgan fingerprint density at radius 1 is 0.840 bits per heavy atom.